The molecule has 3 rings (SSSR count). The maximum absolute atomic E-state index is 12.2. The van der Waals surface area contributed by atoms with Crippen LogP contribution in [-0.4, -0.2) is 49.6 Å². The molecule has 1 aromatic carbocycles. The number of hydrogen-bond acceptors (Lipinski definition) is 4. The first-order chi connectivity index (χ1) is 12.6. The van der Waals surface area contributed by atoms with Crippen LogP contribution in [0.5, 0.6) is 0 Å². The molecule has 1 aliphatic heterocycles. The van der Waals surface area contributed by atoms with Crippen molar-refractivity contribution in [3.63, 3.8) is 0 Å². The van der Waals surface area contributed by atoms with E-state index in [4.69, 9.17) is 16.0 Å². The summed E-state index contributed by atoms with van der Waals surface area (Å²) in [5.41, 5.74) is 1.09. The summed E-state index contributed by atoms with van der Waals surface area (Å²) in [5, 5.41) is 6.05. The molecule has 2 N–H and O–H groups in total. The Bertz CT molecular complexity index is 725. The van der Waals surface area contributed by atoms with Crippen LogP contribution in [0, 0.1) is 0 Å². The number of piperazine rings is 1. The van der Waals surface area contributed by atoms with Gasteiger partial charge in [-0.3, -0.25) is 4.79 Å². The van der Waals surface area contributed by atoms with E-state index in [-0.39, 0.29) is 18.5 Å². The predicted octanol–water partition coefficient (Wildman–Crippen LogP) is 2.08. The number of amides is 3. The smallest absolute Gasteiger partial charge is 0.317 e. The van der Waals surface area contributed by atoms with Gasteiger partial charge in [0.25, 0.3) is 0 Å². The van der Waals surface area contributed by atoms with Crippen molar-refractivity contribution in [1.29, 1.82) is 0 Å². The van der Waals surface area contributed by atoms with Gasteiger partial charge < -0.3 is 24.9 Å². The summed E-state index contributed by atoms with van der Waals surface area (Å²) < 4.78 is 5.14. The average molecular weight is 377 g/mol. The molecule has 138 valence electrons. The molecule has 0 aliphatic carbocycles. The molecule has 1 aliphatic rings. The highest BCUT2D eigenvalue weighted by Gasteiger charge is 2.21. The molecule has 0 radical (unpaired) electrons. The Kier molecular flexibility index (Phi) is 6.01. The molecule has 0 spiro atoms. The van der Waals surface area contributed by atoms with Gasteiger partial charge in [0.1, 0.15) is 5.76 Å². The lowest BCUT2D eigenvalue weighted by Crippen LogP contribution is -2.53. The van der Waals surface area contributed by atoms with E-state index >= 15 is 0 Å². The lowest BCUT2D eigenvalue weighted by molar-refractivity contribution is -0.120. The molecular formula is C18H21ClN4O3. The summed E-state index contributed by atoms with van der Waals surface area (Å²) >= 11 is 5.91. The average Bonchev–Trinajstić information content (AvgIpc) is 3.19. The lowest BCUT2D eigenvalue weighted by Gasteiger charge is -2.36. The number of benzene rings is 1. The fourth-order valence-corrected chi connectivity index (χ4v) is 2.87. The highest BCUT2D eigenvalue weighted by Crippen LogP contribution is 2.19. The Balaban J connectivity index is 1.38. The third kappa shape index (κ3) is 4.92. The van der Waals surface area contributed by atoms with Crippen molar-refractivity contribution in [2.24, 2.45) is 0 Å². The first-order valence-electron chi connectivity index (χ1n) is 8.44. The quantitative estimate of drug-likeness (QED) is 0.837. The van der Waals surface area contributed by atoms with Crippen LogP contribution < -0.4 is 15.5 Å². The van der Waals surface area contributed by atoms with Crippen LogP contribution in [0.3, 0.4) is 0 Å². The Morgan fingerprint density at radius 1 is 1.04 bits per heavy atom. The van der Waals surface area contributed by atoms with E-state index in [9.17, 15) is 9.59 Å². The molecule has 3 amide bonds. The predicted molar refractivity (Wildman–Crippen MR) is 99.2 cm³/mol. The lowest BCUT2D eigenvalue weighted by atomic mass is 10.2. The van der Waals surface area contributed by atoms with Gasteiger partial charge in [-0.2, -0.15) is 0 Å². The Hall–Kier alpha value is -2.67. The van der Waals surface area contributed by atoms with Crippen LogP contribution in [0.2, 0.25) is 5.02 Å². The maximum Gasteiger partial charge on any atom is 0.317 e. The Morgan fingerprint density at radius 3 is 2.42 bits per heavy atom. The van der Waals surface area contributed by atoms with Gasteiger partial charge in [0.15, 0.2) is 0 Å². The molecule has 0 atom stereocenters. The molecule has 1 aromatic heterocycles. The summed E-state index contributed by atoms with van der Waals surface area (Å²) in [6, 6.07) is 11.0. The second kappa shape index (κ2) is 8.62. The molecule has 2 aromatic rings. The molecule has 7 nitrogen and oxygen atoms in total. The molecule has 0 unspecified atom stereocenters. The zero-order valence-electron chi connectivity index (χ0n) is 14.3. The van der Waals surface area contributed by atoms with E-state index < -0.39 is 0 Å². The van der Waals surface area contributed by atoms with E-state index in [0.717, 1.165) is 18.8 Å². The minimum absolute atomic E-state index is 0.0586. The van der Waals surface area contributed by atoms with Crippen molar-refractivity contribution in [2.45, 2.75) is 6.54 Å². The van der Waals surface area contributed by atoms with Crippen molar-refractivity contribution in [3.05, 3.63) is 53.4 Å². The highest BCUT2D eigenvalue weighted by atomic mass is 35.5. The molecule has 2 heterocycles. The first kappa shape index (κ1) is 18.1. The monoisotopic (exact) mass is 376 g/mol. The number of anilines is 1. The van der Waals surface area contributed by atoms with Gasteiger partial charge in [-0.15, -0.1) is 0 Å². The number of urea groups is 1. The normalized spacial score (nSPS) is 14.2. The van der Waals surface area contributed by atoms with E-state index in [1.165, 1.54) is 0 Å². The van der Waals surface area contributed by atoms with Crippen LogP contribution in [0.4, 0.5) is 10.5 Å². The van der Waals surface area contributed by atoms with Gasteiger partial charge in [-0.1, -0.05) is 11.6 Å². The van der Waals surface area contributed by atoms with Crippen molar-refractivity contribution in [2.75, 3.05) is 37.6 Å². The molecule has 8 heteroatoms. The summed E-state index contributed by atoms with van der Waals surface area (Å²) in [7, 11) is 0. The topological polar surface area (TPSA) is 77.8 Å². The fourth-order valence-electron chi connectivity index (χ4n) is 2.75. The summed E-state index contributed by atoms with van der Waals surface area (Å²) in [4.78, 5) is 27.9. The van der Waals surface area contributed by atoms with Crippen LogP contribution in [0.15, 0.2) is 47.1 Å². The third-order valence-electron chi connectivity index (χ3n) is 4.20. The minimum Gasteiger partial charge on any atom is -0.467 e. The van der Waals surface area contributed by atoms with Crippen molar-refractivity contribution < 1.29 is 14.0 Å². The van der Waals surface area contributed by atoms with Gasteiger partial charge in [0, 0.05) is 36.9 Å². The minimum atomic E-state index is -0.255. The molecule has 1 fully saturated rings. The zero-order chi connectivity index (χ0) is 18.4. The largest absolute Gasteiger partial charge is 0.467 e. The first-order valence-corrected chi connectivity index (χ1v) is 8.82. The Labute approximate surface area is 156 Å². The number of hydrogen-bond donors (Lipinski definition) is 2. The van der Waals surface area contributed by atoms with Crippen molar-refractivity contribution in [1.82, 2.24) is 15.5 Å². The van der Waals surface area contributed by atoms with E-state index in [2.05, 4.69) is 15.5 Å². The van der Waals surface area contributed by atoms with Gasteiger partial charge in [-0.25, -0.2) is 4.79 Å². The molecule has 26 heavy (non-hydrogen) atoms. The van der Waals surface area contributed by atoms with Gasteiger partial charge in [0.05, 0.1) is 19.4 Å². The molecule has 0 saturated carbocycles. The van der Waals surface area contributed by atoms with Gasteiger partial charge in [0.2, 0.25) is 5.91 Å². The fraction of sp³-hybridized carbons (Fsp3) is 0.333. The van der Waals surface area contributed by atoms with Crippen LogP contribution >= 0.6 is 11.6 Å². The molecule has 0 bridgehead atoms. The van der Waals surface area contributed by atoms with Gasteiger partial charge in [-0.05, 0) is 36.4 Å². The van der Waals surface area contributed by atoms with E-state index in [1.807, 2.05) is 24.3 Å². The maximum atomic E-state index is 12.2. The number of rotatable bonds is 5. The van der Waals surface area contributed by atoms with Crippen LogP contribution in [-0.2, 0) is 11.3 Å². The standard InChI is InChI=1S/C18H21ClN4O3/c19-14-3-5-15(6-4-14)22-7-9-23(10-8-22)18(25)21-13-17(24)20-12-16-2-1-11-26-16/h1-6,11H,7-10,12-13H2,(H,20,24)(H,21,25). The van der Waals surface area contributed by atoms with Gasteiger partial charge >= 0.3 is 6.03 Å². The number of nitrogens with zero attached hydrogens (tertiary/aromatic N) is 2. The van der Waals surface area contributed by atoms with Crippen LogP contribution in [0.25, 0.3) is 0 Å². The van der Waals surface area contributed by atoms with Crippen molar-refractivity contribution in [3.8, 4) is 0 Å². The van der Waals surface area contributed by atoms with E-state index in [1.54, 1.807) is 23.3 Å². The van der Waals surface area contributed by atoms with Crippen LogP contribution in [0.1, 0.15) is 5.76 Å². The number of furan rings is 1. The zero-order valence-corrected chi connectivity index (χ0v) is 15.0. The number of halogens is 1. The second-order valence-corrected chi connectivity index (χ2v) is 6.40. The summed E-state index contributed by atoms with van der Waals surface area (Å²) in [6.45, 7) is 2.92. The number of nitrogens with one attached hydrogen (secondary N) is 2. The summed E-state index contributed by atoms with van der Waals surface area (Å²) in [5.74, 6) is 0.414. The summed E-state index contributed by atoms with van der Waals surface area (Å²) in [6.07, 6.45) is 1.55. The second-order valence-electron chi connectivity index (χ2n) is 5.97. The SMILES string of the molecule is O=C(CNC(=O)N1CCN(c2ccc(Cl)cc2)CC1)NCc1ccco1. The Morgan fingerprint density at radius 2 is 1.77 bits per heavy atom. The van der Waals surface area contributed by atoms with Crippen molar-refractivity contribution >= 4 is 29.2 Å². The number of carbonyl (C=O) groups is 2. The number of carbonyl (C=O) groups excluding carboxylic acids is 2. The third-order valence-corrected chi connectivity index (χ3v) is 4.45. The van der Waals surface area contributed by atoms with E-state index in [0.29, 0.717) is 30.4 Å². The molecular weight excluding hydrogens is 356 g/mol. The highest BCUT2D eigenvalue weighted by molar-refractivity contribution is 6.30. The molecule has 1 saturated heterocycles.